The molecule has 2 aromatic rings. The van der Waals surface area contributed by atoms with Gasteiger partial charge in [0, 0.05) is 13.6 Å². The number of urea groups is 1. The molecule has 0 aromatic heterocycles. The first kappa shape index (κ1) is 19.6. The van der Waals surface area contributed by atoms with E-state index < -0.39 is 12.1 Å². The van der Waals surface area contributed by atoms with E-state index in [2.05, 4.69) is 5.32 Å². The molecule has 1 saturated heterocycles. The molecule has 1 atom stereocenters. The number of carbonyl (C=O) groups excluding carboxylic acids is 3. The molecule has 6 nitrogen and oxygen atoms in total. The van der Waals surface area contributed by atoms with Gasteiger partial charge in [0.05, 0.1) is 0 Å². The van der Waals surface area contributed by atoms with Crippen LogP contribution < -0.4 is 5.32 Å². The number of benzene rings is 2. The van der Waals surface area contributed by atoms with Crippen molar-refractivity contribution >= 4 is 17.8 Å². The van der Waals surface area contributed by atoms with Crippen molar-refractivity contribution in [1.82, 2.24) is 15.1 Å². The second-order valence-corrected chi connectivity index (χ2v) is 7.19. The zero-order valence-corrected chi connectivity index (χ0v) is 16.2. The molecule has 0 saturated carbocycles. The van der Waals surface area contributed by atoms with Gasteiger partial charge in [-0.3, -0.25) is 14.5 Å². The van der Waals surface area contributed by atoms with Crippen LogP contribution in [0.1, 0.15) is 23.1 Å². The number of likely N-dealkylation sites (N-methyl/N-ethyl adjacent to an activating group) is 1. The van der Waals surface area contributed by atoms with E-state index in [9.17, 15) is 14.4 Å². The summed E-state index contributed by atoms with van der Waals surface area (Å²) >= 11 is 0. The fourth-order valence-corrected chi connectivity index (χ4v) is 3.19. The van der Waals surface area contributed by atoms with Crippen LogP contribution in [-0.2, 0) is 22.6 Å². The molecular formula is C22H25N3O3. The lowest BCUT2D eigenvalue weighted by Crippen LogP contribution is -2.41. The maximum atomic E-state index is 12.6. The minimum Gasteiger partial charge on any atom is -0.340 e. The van der Waals surface area contributed by atoms with Crippen LogP contribution in [0.4, 0.5) is 4.79 Å². The number of carbonyl (C=O) groups is 3. The number of nitrogens with zero attached hydrogens (tertiary/aromatic N) is 2. The Morgan fingerprint density at radius 2 is 1.71 bits per heavy atom. The summed E-state index contributed by atoms with van der Waals surface area (Å²) in [6, 6.07) is 16.6. The summed E-state index contributed by atoms with van der Waals surface area (Å²) in [4.78, 5) is 39.8. The second-order valence-electron chi connectivity index (χ2n) is 7.19. The van der Waals surface area contributed by atoms with Gasteiger partial charge in [-0.15, -0.1) is 0 Å². The summed E-state index contributed by atoms with van der Waals surface area (Å²) in [5.74, 6) is -0.606. The third-order valence-corrected chi connectivity index (χ3v) is 4.93. The largest absolute Gasteiger partial charge is 0.340 e. The predicted molar refractivity (Wildman–Crippen MR) is 106 cm³/mol. The molecule has 1 N–H and O–H groups in total. The van der Waals surface area contributed by atoms with Crippen LogP contribution in [0.25, 0.3) is 0 Å². The molecule has 0 spiro atoms. The summed E-state index contributed by atoms with van der Waals surface area (Å²) in [6.45, 7) is 2.19. The monoisotopic (exact) mass is 379 g/mol. The van der Waals surface area contributed by atoms with Gasteiger partial charge in [0.25, 0.3) is 5.91 Å². The molecule has 1 fully saturated rings. The molecule has 146 valence electrons. The van der Waals surface area contributed by atoms with Gasteiger partial charge < -0.3 is 10.2 Å². The Labute approximate surface area is 165 Å². The highest BCUT2D eigenvalue weighted by atomic mass is 16.2. The molecule has 1 heterocycles. The zero-order chi connectivity index (χ0) is 20.1. The number of nitrogens with one attached hydrogen (secondary N) is 1. The third kappa shape index (κ3) is 4.76. The fraction of sp³-hybridized carbons (Fsp3) is 0.318. The predicted octanol–water partition coefficient (Wildman–Crippen LogP) is 2.51. The fourth-order valence-electron chi connectivity index (χ4n) is 3.19. The maximum absolute atomic E-state index is 12.6. The van der Waals surface area contributed by atoms with Crippen LogP contribution in [-0.4, -0.2) is 47.3 Å². The van der Waals surface area contributed by atoms with Crippen molar-refractivity contribution < 1.29 is 14.4 Å². The van der Waals surface area contributed by atoms with Crippen molar-refractivity contribution in [2.75, 3.05) is 13.6 Å². The van der Waals surface area contributed by atoms with Crippen molar-refractivity contribution in [3.05, 3.63) is 71.3 Å². The third-order valence-electron chi connectivity index (χ3n) is 4.93. The first-order chi connectivity index (χ1) is 13.4. The van der Waals surface area contributed by atoms with Gasteiger partial charge in [-0.05, 0) is 30.9 Å². The molecule has 2 aromatic carbocycles. The summed E-state index contributed by atoms with van der Waals surface area (Å²) < 4.78 is 0. The Hall–Kier alpha value is -3.15. The Bertz CT molecular complexity index is 849. The second kappa shape index (κ2) is 8.69. The van der Waals surface area contributed by atoms with Gasteiger partial charge in [-0.25, -0.2) is 4.79 Å². The highest BCUT2D eigenvalue weighted by molar-refractivity contribution is 6.06. The number of hydrogen-bond donors (Lipinski definition) is 1. The van der Waals surface area contributed by atoms with Crippen molar-refractivity contribution in [2.45, 2.75) is 32.4 Å². The molecule has 1 aliphatic rings. The minimum absolute atomic E-state index is 0.241. The average molecular weight is 379 g/mol. The van der Waals surface area contributed by atoms with Crippen molar-refractivity contribution in [3.63, 3.8) is 0 Å². The molecule has 3 rings (SSSR count). The summed E-state index contributed by atoms with van der Waals surface area (Å²) in [5.41, 5.74) is 3.26. The quantitative estimate of drug-likeness (QED) is 0.752. The molecule has 0 bridgehead atoms. The highest BCUT2D eigenvalue weighted by Gasteiger charge is 2.38. The lowest BCUT2D eigenvalue weighted by molar-refractivity contribution is -0.136. The summed E-state index contributed by atoms with van der Waals surface area (Å²) in [6.07, 6.45) is 1.20. The average Bonchev–Trinajstić information content (AvgIpc) is 2.96. The molecule has 6 heteroatoms. The van der Waals surface area contributed by atoms with Crippen molar-refractivity contribution in [2.24, 2.45) is 0 Å². The first-order valence-corrected chi connectivity index (χ1v) is 9.39. The molecule has 0 radical (unpaired) electrons. The summed E-state index contributed by atoms with van der Waals surface area (Å²) in [7, 11) is 1.67. The number of aryl methyl sites for hydroxylation is 2. The lowest BCUT2D eigenvalue weighted by atomic mass is 10.1. The smallest absolute Gasteiger partial charge is 0.325 e. The van der Waals surface area contributed by atoms with E-state index in [1.165, 1.54) is 4.90 Å². The Kier molecular flexibility index (Phi) is 6.09. The van der Waals surface area contributed by atoms with Gasteiger partial charge in [-0.2, -0.15) is 0 Å². The molecule has 4 amide bonds. The van der Waals surface area contributed by atoms with Gasteiger partial charge in [0.15, 0.2) is 0 Å². The highest BCUT2D eigenvalue weighted by Crippen LogP contribution is 2.14. The number of hydrogen-bond acceptors (Lipinski definition) is 3. The van der Waals surface area contributed by atoms with Gasteiger partial charge in [0.1, 0.15) is 12.6 Å². The normalized spacial score (nSPS) is 16.2. The SMILES string of the molecule is Cc1ccc(CN(C)C(=O)CN2C(=O)NC(CCc3ccccc3)C2=O)cc1. The zero-order valence-electron chi connectivity index (χ0n) is 16.2. The molecule has 1 unspecified atom stereocenters. The van der Waals surface area contributed by atoms with Crippen LogP contribution in [0.3, 0.4) is 0 Å². The van der Waals surface area contributed by atoms with Crippen molar-refractivity contribution in [1.29, 1.82) is 0 Å². The number of amides is 4. The van der Waals surface area contributed by atoms with Crippen LogP contribution in [0.15, 0.2) is 54.6 Å². The van der Waals surface area contributed by atoms with E-state index in [1.807, 2.05) is 61.5 Å². The van der Waals surface area contributed by atoms with E-state index in [1.54, 1.807) is 7.05 Å². The maximum Gasteiger partial charge on any atom is 0.325 e. The van der Waals surface area contributed by atoms with Gasteiger partial charge in [-0.1, -0.05) is 60.2 Å². The van der Waals surface area contributed by atoms with Gasteiger partial charge >= 0.3 is 6.03 Å². The molecule has 0 aliphatic carbocycles. The van der Waals surface area contributed by atoms with E-state index in [0.717, 1.165) is 21.6 Å². The minimum atomic E-state index is -0.581. The molecule has 28 heavy (non-hydrogen) atoms. The van der Waals surface area contributed by atoms with E-state index in [-0.39, 0.29) is 18.4 Å². The van der Waals surface area contributed by atoms with Crippen LogP contribution >= 0.6 is 0 Å². The van der Waals surface area contributed by atoms with Gasteiger partial charge in [0.2, 0.25) is 5.91 Å². The van der Waals surface area contributed by atoms with E-state index in [4.69, 9.17) is 0 Å². The van der Waals surface area contributed by atoms with E-state index >= 15 is 0 Å². The van der Waals surface area contributed by atoms with E-state index in [0.29, 0.717) is 19.4 Å². The van der Waals surface area contributed by atoms with Crippen LogP contribution in [0.2, 0.25) is 0 Å². The Morgan fingerprint density at radius 1 is 1.04 bits per heavy atom. The Balaban J connectivity index is 1.54. The topological polar surface area (TPSA) is 69.7 Å². The number of imide groups is 1. The van der Waals surface area contributed by atoms with Crippen LogP contribution in [0.5, 0.6) is 0 Å². The van der Waals surface area contributed by atoms with Crippen molar-refractivity contribution in [3.8, 4) is 0 Å². The molecule has 1 aliphatic heterocycles. The standard InChI is InChI=1S/C22H25N3O3/c1-16-8-10-18(11-9-16)14-24(2)20(26)15-25-21(27)19(23-22(25)28)13-12-17-6-4-3-5-7-17/h3-11,19H,12-15H2,1-2H3,(H,23,28). The van der Waals surface area contributed by atoms with Crippen LogP contribution in [0, 0.1) is 6.92 Å². The first-order valence-electron chi connectivity index (χ1n) is 9.39. The Morgan fingerprint density at radius 3 is 2.39 bits per heavy atom. The lowest BCUT2D eigenvalue weighted by Gasteiger charge is -2.20. The summed E-state index contributed by atoms with van der Waals surface area (Å²) in [5, 5.41) is 2.69. The number of rotatable bonds is 7. The molecular weight excluding hydrogens is 354 g/mol.